The maximum atomic E-state index is 12.2. The van der Waals surface area contributed by atoms with Crippen LogP contribution in [0, 0.1) is 5.92 Å². The highest BCUT2D eigenvalue weighted by molar-refractivity contribution is 6.31. The fraction of sp³-hybridized carbons (Fsp3) is 0.588. The maximum Gasteiger partial charge on any atom is 0.317 e. The maximum absolute atomic E-state index is 12.2. The summed E-state index contributed by atoms with van der Waals surface area (Å²) in [5, 5.41) is 3.62. The van der Waals surface area contributed by atoms with Crippen LogP contribution >= 0.6 is 11.6 Å². The molecule has 1 fully saturated rings. The summed E-state index contributed by atoms with van der Waals surface area (Å²) in [6.45, 7) is 6.34. The van der Waals surface area contributed by atoms with Crippen molar-refractivity contribution in [2.45, 2.75) is 32.6 Å². The fourth-order valence-electron chi connectivity index (χ4n) is 2.73. The van der Waals surface area contributed by atoms with Crippen LogP contribution in [-0.2, 0) is 16.0 Å². The number of hydrogen-bond acceptors (Lipinski definition) is 3. The Hall–Kier alpha value is -1.30. The van der Waals surface area contributed by atoms with Crippen molar-refractivity contribution in [1.82, 2.24) is 10.2 Å². The van der Waals surface area contributed by atoms with E-state index in [1.807, 2.05) is 31.2 Å². The molecule has 128 valence electrons. The van der Waals surface area contributed by atoms with Crippen molar-refractivity contribution in [3.05, 3.63) is 34.9 Å². The number of amides is 2. The molecule has 0 aliphatic carbocycles. The average Bonchev–Trinajstić information content (AvgIpc) is 2.93. The number of benzene rings is 1. The molecule has 0 bridgehead atoms. The predicted octanol–water partition coefficient (Wildman–Crippen LogP) is 3.27. The molecule has 1 aromatic carbocycles. The van der Waals surface area contributed by atoms with E-state index in [9.17, 15) is 4.79 Å². The average molecular weight is 341 g/mol. The Morgan fingerprint density at radius 3 is 2.70 bits per heavy atom. The molecule has 1 saturated heterocycles. The van der Waals surface area contributed by atoms with E-state index >= 15 is 0 Å². The van der Waals surface area contributed by atoms with Gasteiger partial charge in [-0.25, -0.2) is 4.79 Å². The van der Waals surface area contributed by atoms with Crippen LogP contribution in [0.2, 0.25) is 5.02 Å². The molecule has 1 aliphatic rings. The first kappa shape index (κ1) is 18.0. The van der Waals surface area contributed by atoms with E-state index in [0.29, 0.717) is 31.3 Å². The molecule has 1 heterocycles. The van der Waals surface area contributed by atoms with Crippen LogP contribution in [-0.4, -0.2) is 43.5 Å². The molecule has 1 N–H and O–H groups in total. The van der Waals surface area contributed by atoms with E-state index < -0.39 is 5.79 Å². The van der Waals surface area contributed by atoms with Crippen molar-refractivity contribution in [2.75, 3.05) is 26.8 Å². The van der Waals surface area contributed by atoms with Gasteiger partial charge in [-0.1, -0.05) is 36.7 Å². The second-order valence-electron chi connectivity index (χ2n) is 6.27. The Morgan fingerprint density at radius 1 is 1.39 bits per heavy atom. The minimum absolute atomic E-state index is 0.116. The molecule has 1 aromatic rings. The minimum atomic E-state index is -0.520. The van der Waals surface area contributed by atoms with Crippen LogP contribution in [0.5, 0.6) is 0 Å². The van der Waals surface area contributed by atoms with Crippen LogP contribution in [0.4, 0.5) is 4.79 Å². The number of halogens is 1. The van der Waals surface area contributed by atoms with Gasteiger partial charge in [-0.3, -0.25) is 0 Å². The van der Waals surface area contributed by atoms with Crippen LogP contribution in [0.15, 0.2) is 24.3 Å². The lowest BCUT2D eigenvalue weighted by Crippen LogP contribution is -2.40. The molecule has 2 rings (SSSR count). The third-order valence-electron chi connectivity index (χ3n) is 3.93. The molecule has 0 aromatic heterocycles. The third kappa shape index (κ3) is 5.37. The van der Waals surface area contributed by atoms with Gasteiger partial charge in [0, 0.05) is 31.6 Å². The second kappa shape index (κ2) is 7.99. The first-order chi connectivity index (χ1) is 10.9. The van der Waals surface area contributed by atoms with Crippen LogP contribution in [0.25, 0.3) is 0 Å². The summed E-state index contributed by atoms with van der Waals surface area (Å²) in [6, 6.07) is 7.42. The lowest BCUT2D eigenvalue weighted by atomic mass is 10.0. The van der Waals surface area contributed by atoms with Gasteiger partial charge in [-0.15, -0.1) is 0 Å². The summed E-state index contributed by atoms with van der Waals surface area (Å²) in [5.41, 5.74) is 0.931. The SMILES string of the molecule is CC(CNC(=O)N(C)Cc1ccccc1Cl)CC1(C)OCCO1. The summed E-state index contributed by atoms with van der Waals surface area (Å²) >= 11 is 6.12. The first-order valence-electron chi connectivity index (χ1n) is 7.90. The van der Waals surface area contributed by atoms with Gasteiger partial charge in [0.25, 0.3) is 0 Å². The molecule has 6 heteroatoms. The van der Waals surface area contributed by atoms with E-state index in [0.717, 1.165) is 12.0 Å². The van der Waals surface area contributed by atoms with Gasteiger partial charge >= 0.3 is 6.03 Å². The normalized spacial score (nSPS) is 17.7. The van der Waals surface area contributed by atoms with Crippen LogP contribution in [0.3, 0.4) is 0 Å². The van der Waals surface area contributed by atoms with Gasteiger partial charge in [0.1, 0.15) is 0 Å². The zero-order chi connectivity index (χ0) is 16.9. The second-order valence-corrected chi connectivity index (χ2v) is 6.68. The highest BCUT2D eigenvalue weighted by Gasteiger charge is 2.32. The number of nitrogens with zero attached hydrogens (tertiary/aromatic N) is 1. The zero-order valence-corrected chi connectivity index (χ0v) is 14.7. The number of ether oxygens (including phenoxy) is 2. The number of nitrogens with one attached hydrogen (secondary N) is 1. The summed E-state index contributed by atoms with van der Waals surface area (Å²) in [7, 11) is 1.76. The van der Waals surface area contributed by atoms with Crippen molar-refractivity contribution >= 4 is 17.6 Å². The van der Waals surface area contributed by atoms with Crippen molar-refractivity contribution < 1.29 is 14.3 Å². The molecule has 1 aliphatic heterocycles. The van der Waals surface area contributed by atoms with Gasteiger partial charge in [0.05, 0.1) is 13.2 Å². The molecule has 2 amide bonds. The van der Waals surface area contributed by atoms with Gasteiger partial charge < -0.3 is 19.7 Å². The Kier molecular flexibility index (Phi) is 6.27. The molecular weight excluding hydrogens is 316 g/mol. The quantitative estimate of drug-likeness (QED) is 0.864. The molecule has 23 heavy (non-hydrogen) atoms. The van der Waals surface area contributed by atoms with Crippen molar-refractivity contribution in [3.8, 4) is 0 Å². The van der Waals surface area contributed by atoms with Crippen molar-refractivity contribution in [1.29, 1.82) is 0 Å². The molecule has 0 radical (unpaired) electrons. The van der Waals surface area contributed by atoms with E-state index in [4.69, 9.17) is 21.1 Å². The standard InChI is InChI=1S/C17H25ClN2O3/c1-13(10-17(2)22-8-9-23-17)11-19-16(21)20(3)12-14-6-4-5-7-15(14)18/h4-7,13H,8-12H2,1-3H3,(H,19,21). The van der Waals surface area contributed by atoms with Crippen molar-refractivity contribution in [3.63, 3.8) is 0 Å². The van der Waals surface area contributed by atoms with Crippen molar-refractivity contribution in [2.24, 2.45) is 5.92 Å². The first-order valence-corrected chi connectivity index (χ1v) is 8.28. The predicted molar refractivity (Wildman–Crippen MR) is 90.4 cm³/mol. The van der Waals surface area contributed by atoms with Gasteiger partial charge in [0.15, 0.2) is 5.79 Å². The third-order valence-corrected chi connectivity index (χ3v) is 4.30. The number of carbonyl (C=O) groups excluding carboxylic acids is 1. The number of rotatable bonds is 6. The highest BCUT2D eigenvalue weighted by atomic mass is 35.5. The van der Waals surface area contributed by atoms with Gasteiger partial charge in [-0.05, 0) is 24.5 Å². The summed E-state index contributed by atoms with van der Waals surface area (Å²) < 4.78 is 11.2. The van der Waals surface area contributed by atoms with E-state index in [1.54, 1.807) is 11.9 Å². The fourth-order valence-corrected chi connectivity index (χ4v) is 2.93. The Bertz CT molecular complexity index is 532. The Morgan fingerprint density at radius 2 is 2.04 bits per heavy atom. The largest absolute Gasteiger partial charge is 0.348 e. The van der Waals surface area contributed by atoms with Gasteiger partial charge in [-0.2, -0.15) is 0 Å². The van der Waals surface area contributed by atoms with E-state index in [-0.39, 0.29) is 11.9 Å². The minimum Gasteiger partial charge on any atom is -0.348 e. The lowest BCUT2D eigenvalue weighted by molar-refractivity contribution is -0.153. The molecule has 1 unspecified atom stereocenters. The molecule has 5 nitrogen and oxygen atoms in total. The molecule has 0 spiro atoms. The highest BCUT2D eigenvalue weighted by Crippen LogP contribution is 2.26. The molecular formula is C17H25ClN2O3. The lowest BCUT2D eigenvalue weighted by Gasteiger charge is -2.26. The number of hydrogen-bond donors (Lipinski definition) is 1. The molecule has 1 atom stereocenters. The zero-order valence-electron chi connectivity index (χ0n) is 14.0. The molecule has 0 saturated carbocycles. The monoisotopic (exact) mass is 340 g/mol. The summed E-state index contributed by atoms with van der Waals surface area (Å²) in [4.78, 5) is 13.8. The number of urea groups is 1. The Labute approximate surface area is 142 Å². The topological polar surface area (TPSA) is 50.8 Å². The van der Waals surface area contributed by atoms with Crippen LogP contribution in [0.1, 0.15) is 25.8 Å². The Balaban J connectivity index is 1.76. The van der Waals surface area contributed by atoms with Crippen LogP contribution < -0.4 is 5.32 Å². The van der Waals surface area contributed by atoms with E-state index in [2.05, 4.69) is 12.2 Å². The summed E-state index contributed by atoms with van der Waals surface area (Å²) in [6.07, 6.45) is 0.751. The summed E-state index contributed by atoms with van der Waals surface area (Å²) in [5.74, 6) is -0.260. The smallest absolute Gasteiger partial charge is 0.317 e. The van der Waals surface area contributed by atoms with Gasteiger partial charge in [0.2, 0.25) is 0 Å². The number of carbonyl (C=O) groups is 1. The van der Waals surface area contributed by atoms with E-state index in [1.165, 1.54) is 0 Å².